The molecular formula is C46H48N6O6. The van der Waals surface area contributed by atoms with Crippen molar-refractivity contribution < 1.29 is 28.6 Å². The Labute approximate surface area is 337 Å². The Hall–Kier alpha value is -5.59. The summed E-state index contributed by atoms with van der Waals surface area (Å²) in [4.78, 5) is 51.0. The number of unbranched alkanes of at least 4 members (excludes halogenated alkanes) is 1. The lowest BCUT2D eigenvalue weighted by atomic mass is 9.78. The molecule has 6 heterocycles. The molecule has 3 aliphatic heterocycles. The standard InChI is InChI=1S/C46H48N6O6/c1-27-5-11-41(44(53)49-27)52-45(54)36-10-8-32(21-38(36)46(52)55)51-24-34(25-51)57-16-4-3-15-56-26-31-19-37(31)30-17-33(18-30)58-43-12-7-29(22-48-43)28-6-9-35-39-23-47-14-13-40(39)50(2)42(35)20-28/h6-10,12-14,20-23,30-31,33-34,37,41H,1,3-5,11,15-19,24-26H2,2H3,(H,49,53)/t30?,31-,33?,37?,41?/m0/s1. The lowest BCUT2D eigenvalue weighted by molar-refractivity contribution is -0.125. The van der Waals surface area contributed by atoms with E-state index in [0.29, 0.717) is 48.1 Å². The van der Waals surface area contributed by atoms with Crippen LogP contribution < -0.4 is 15.0 Å². The molecule has 12 nitrogen and oxygen atoms in total. The number of benzene rings is 2. The first kappa shape index (κ1) is 36.7. The van der Waals surface area contributed by atoms with Crippen LogP contribution in [0, 0.1) is 17.8 Å². The highest BCUT2D eigenvalue weighted by Gasteiger charge is 2.49. The van der Waals surface area contributed by atoms with Crippen LogP contribution in [0.15, 0.2) is 85.5 Å². The zero-order chi connectivity index (χ0) is 39.5. The van der Waals surface area contributed by atoms with E-state index in [2.05, 4.69) is 68.7 Å². The van der Waals surface area contributed by atoms with Crippen LogP contribution in [0.5, 0.6) is 5.88 Å². The van der Waals surface area contributed by atoms with Gasteiger partial charge in [0.1, 0.15) is 12.1 Å². The number of anilines is 1. The van der Waals surface area contributed by atoms with Crippen molar-refractivity contribution in [1.82, 2.24) is 24.8 Å². The molecule has 0 bridgehead atoms. The Morgan fingerprint density at radius 2 is 1.67 bits per heavy atom. The summed E-state index contributed by atoms with van der Waals surface area (Å²) in [5, 5.41) is 5.05. The smallest absolute Gasteiger partial charge is 0.262 e. The largest absolute Gasteiger partial charge is 0.474 e. The number of rotatable bonds is 14. The molecule has 1 N–H and O–H groups in total. The Balaban J connectivity index is 0.592. The number of hydrogen-bond acceptors (Lipinski definition) is 9. The van der Waals surface area contributed by atoms with Crippen LogP contribution in [0.2, 0.25) is 0 Å². The van der Waals surface area contributed by atoms with Gasteiger partial charge in [-0.3, -0.25) is 24.3 Å². The lowest BCUT2D eigenvalue weighted by Crippen LogP contribution is -2.52. The number of carbonyl (C=O) groups is 3. The van der Waals surface area contributed by atoms with Crippen LogP contribution in [-0.2, 0) is 21.3 Å². The number of aryl methyl sites for hydroxylation is 1. The molecule has 10 rings (SSSR count). The summed E-state index contributed by atoms with van der Waals surface area (Å²) in [5.41, 5.74) is 6.76. The van der Waals surface area contributed by atoms with E-state index >= 15 is 0 Å². The van der Waals surface area contributed by atoms with Crippen LogP contribution in [0.3, 0.4) is 0 Å². The molecule has 2 saturated heterocycles. The van der Waals surface area contributed by atoms with Gasteiger partial charge in [-0.1, -0.05) is 18.7 Å². The summed E-state index contributed by atoms with van der Waals surface area (Å²) in [5.74, 6) is 1.65. The normalized spacial score (nSPS) is 24.3. The molecule has 2 aromatic carbocycles. The highest BCUT2D eigenvalue weighted by Crippen LogP contribution is 2.52. The van der Waals surface area contributed by atoms with Crippen molar-refractivity contribution >= 4 is 45.2 Å². The first-order valence-corrected chi connectivity index (χ1v) is 20.7. The molecule has 2 aliphatic carbocycles. The molecule has 0 radical (unpaired) electrons. The average molecular weight is 781 g/mol. The summed E-state index contributed by atoms with van der Waals surface area (Å²) in [7, 11) is 2.10. The van der Waals surface area contributed by atoms with Gasteiger partial charge < -0.3 is 29.0 Å². The molecule has 2 unspecified atom stereocenters. The molecule has 5 aliphatic rings. The molecule has 12 heteroatoms. The van der Waals surface area contributed by atoms with Gasteiger partial charge in [0.25, 0.3) is 11.8 Å². The van der Waals surface area contributed by atoms with Crippen LogP contribution in [0.4, 0.5) is 5.69 Å². The maximum atomic E-state index is 13.2. The summed E-state index contributed by atoms with van der Waals surface area (Å²) in [6, 6.07) is 17.2. The SMILES string of the molecule is C=C1CCC(N2C(=O)c3ccc(N4CC(OCCCCOC[C@@H]5CC5C5CC(Oc6ccc(-c7ccc8c9cnccc9n(C)c8c7)cn6)C5)C4)cc3C2=O)C(=O)N1. The number of imide groups is 1. The van der Waals surface area contributed by atoms with Crippen molar-refractivity contribution in [3.8, 4) is 17.0 Å². The van der Waals surface area contributed by atoms with E-state index in [-0.39, 0.29) is 18.1 Å². The van der Waals surface area contributed by atoms with Crippen molar-refractivity contribution in [2.45, 2.75) is 63.2 Å². The van der Waals surface area contributed by atoms with Crippen LogP contribution in [-0.4, -0.2) is 88.3 Å². The first-order chi connectivity index (χ1) is 28.3. The van der Waals surface area contributed by atoms with Gasteiger partial charge in [0, 0.05) is 97.9 Å². The van der Waals surface area contributed by atoms with Crippen LogP contribution >= 0.6 is 0 Å². The number of nitrogens with one attached hydrogen (secondary N) is 1. The second kappa shape index (κ2) is 15.0. The third-order valence-electron chi connectivity index (χ3n) is 13.0. The van der Waals surface area contributed by atoms with Crippen molar-refractivity contribution in [2.24, 2.45) is 24.8 Å². The monoisotopic (exact) mass is 780 g/mol. The van der Waals surface area contributed by atoms with Crippen molar-refractivity contribution in [3.63, 3.8) is 0 Å². The number of piperidine rings is 1. The minimum atomic E-state index is -0.806. The number of hydrogen-bond donors (Lipinski definition) is 1. The van der Waals surface area contributed by atoms with E-state index in [9.17, 15) is 14.4 Å². The summed E-state index contributed by atoms with van der Waals surface area (Å²) < 4.78 is 20.6. The zero-order valence-corrected chi connectivity index (χ0v) is 32.8. The number of fused-ring (bicyclic) bond motifs is 4. The van der Waals surface area contributed by atoms with E-state index in [0.717, 1.165) is 85.5 Å². The van der Waals surface area contributed by atoms with Gasteiger partial charge in [0.2, 0.25) is 11.8 Å². The van der Waals surface area contributed by atoms with Gasteiger partial charge in [-0.25, -0.2) is 4.98 Å². The molecule has 4 fully saturated rings. The van der Waals surface area contributed by atoms with E-state index in [1.807, 2.05) is 30.7 Å². The van der Waals surface area contributed by atoms with Crippen molar-refractivity contribution in [2.75, 3.05) is 37.8 Å². The third-order valence-corrected chi connectivity index (χ3v) is 13.0. The minimum Gasteiger partial charge on any atom is -0.474 e. The predicted molar refractivity (Wildman–Crippen MR) is 219 cm³/mol. The highest BCUT2D eigenvalue weighted by atomic mass is 16.5. The van der Waals surface area contributed by atoms with E-state index in [1.54, 1.807) is 12.1 Å². The van der Waals surface area contributed by atoms with Gasteiger partial charge in [-0.15, -0.1) is 0 Å². The summed E-state index contributed by atoms with van der Waals surface area (Å²) >= 11 is 0. The molecule has 3 aromatic heterocycles. The number of amides is 3. The maximum Gasteiger partial charge on any atom is 0.262 e. The first-order valence-electron chi connectivity index (χ1n) is 20.7. The van der Waals surface area contributed by atoms with E-state index in [1.165, 1.54) is 28.2 Å². The minimum absolute atomic E-state index is 0.134. The molecule has 298 valence electrons. The van der Waals surface area contributed by atoms with Crippen molar-refractivity contribution in [1.29, 1.82) is 0 Å². The summed E-state index contributed by atoms with van der Waals surface area (Å²) in [6.07, 6.45) is 12.3. The second-order valence-corrected chi connectivity index (χ2v) is 16.7. The van der Waals surface area contributed by atoms with Gasteiger partial charge in [-0.2, -0.15) is 0 Å². The van der Waals surface area contributed by atoms with Gasteiger partial charge in [0.15, 0.2) is 0 Å². The molecule has 2 saturated carbocycles. The zero-order valence-electron chi connectivity index (χ0n) is 32.8. The molecule has 5 aromatic rings. The quantitative estimate of drug-likeness (QED) is 0.0971. The third kappa shape index (κ3) is 6.81. The van der Waals surface area contributed by atoms with Gasteiger partial charge in [-0.05, 0) is 105 Å². The maximum absolute atomic E-state index is 13.2. The Kier molecular flexibility index (Phi) is 9.48. The predicted octanol–water partition coefficient (Wildman–Crippen LogP) is 6.67. The molecule has 58 heavy (non-hydrogen) atoms. The van der Waals surface area contributed by atoms with E-state index in [4.69, 9.17) is 14.2 Å². The molecule has 0 spiro atoms. The molecule has 3 atom stereocenters. The van der Waals surface area contributed by atoms with E-state index < -0.39 is 17.9 Å². The van der Waals surface area contributed by atoms with Crippen molar-refractivity contribution in [3.05, 3.63) is 96.6 Å². The van der Waals surface area contributed by atoms with Crippen LogP contribution in [0.1, 0.15) is 65.7 Å². The second-order valence-electron chi connectivity index (χ2n) is 16.7. The fourth-order valence-corrected chi connectivity index (χ4v) is 9.40. The fourth-order valence-electron chi connectivity index (χ4n) is 9.40. The number of aromatic nitrogens is 3. The Bertz CT molecular complexity index is 2430. The number of allylic oxidation sites excluding steroid dienone is 1. The molecule has 3 amide bonds. The fraction of sp³-hybridized carbons (Fsp3) is 0.413. The topological polar surface area (TPSA) is 128 Å². The summed E-state index contributed by atoms with van der Waals surface area (Å²) in [6.45, 7) is 7.54. The van der Waals surface area contributed by atoms with Gasteiger partial charge >= 0.3 is 0 Å². The number of nitrogens with zero attached hydrogens (tertiary/aromatic N) is 5. The number of ether oxygens (including phenoxy) is 3. The Morgan fingerprint density at radius 3 is 2.50 bits per heavy atom. The molecular weight excluding hydrogens is 733 g/mol. The lowest BCUT2D eigenvalue weighted by Gasteiger charge is -2.40. The highest BCUT2D eigenvalue weighted by molar-refractivity contribution is 6.23. The average Bonchev–Trinajstić information content (AvgIpc) is 3.85. The number of carbonyl (C=O) groups excluding carboxylic acids is 3. The Morgan fingerprint density at radius 1 is 0.845 bits per heavy atom. The van der Waals surface area contributed by atoms with Gasteiger partial charge in [0.05, 0.1) is 22.7 Å². The van der Waals surface area contributed by atoms with Crippen LogP contribution in [0.25, 0.3) is 32.9 Å². The number of pyridine rings is 2.